The largest absolute Gasteiger partial charge is 0.385 e. The minimum atomic E-state index is -0.0257. The van der Waals surface area contributed by atoms with Crippen LogP contribution in [0.1, 0.15) is 39.2 Å². The van der Waals surface area contributed by atoms with E-state index < -0.39 is 0 Å². The lowest BCUT2D eigenvalue weighted by Gasteiger charge is -2.35. The van der Waals surface area contributed by atoms with E-state index in [4.69, 9.17) is 22.1 Å². The third-order valence-electron chi connectivity index (χ3n) is 5.08. The van der Waals surface area contributed by atoms with Crippen LogP contribution in [0.25, 0.3) is 11.1 Å². The normalized spacial score (nSPS) is 19.3. The highest BCUT2D eigenvalue weighted by Crippen LogP contribution is 2.35. The van der Waals surface area contributed by atoms with E-state index in [2.05, 4.69) is 49.3 Å². The number of aromatic nitrogens is 1. The van der Waals surface area contributed by atoms with Gasteiger partial charge in [0.15, 0.2) is 0 Å². The molecule has 0 aliphatic carbocycles. The Hall–Kier alpha value is -1.78. The SMILES string of the molecule is CCc1c(NCC2CCOC(C)(C)C2)cccc1-c1cc(N)ncc1Cl. The zero-order valence-electron chi connectivity index (χ0n) is 15.8. The van der Waals surface area contributed by atoms with Crippen molar-refractivity contribution in [1.29, 1.82) is 0 Å². The second-order valence-corrected chi connectivity index (χ2v) is 8.03. The van der Waals surface area contributed by atoms with Gasteiger partial charge in [-0.3, -0.25) is 0 Å². The fourth-order valence-corrected chi connectivity index (χ4v) is 4.04. The summed E-state index contributed by atoms with van der Waals surface area (Å²) in [5.74, 6) is 1.10. The van der Waals surface area contributed by atoms with Crippen LogP contribution in [0.15, 0.2) is 30.5 Å². The van der Waals surface area contributed by atoms with E-state index in [0.717, 1.165) is 43.5 Å². The lowest BCUT2D eigenvalue weighted by atomic mass is 9.88. The number of nitrogens with one attached hydrogen (secondary N) is 1. The van der Waals surface area contributed by atoms with Crippen LogP contribution in [-0.2, 0) is 11.2 Å². The molecule has 26 heavy (non-hydrogen) atoms. The van der Waals surface area contributed by atoms with Crippen LogP contribution in [0, 0.1) is 5.92 Å². The summed E-state index contributed by atoms with van der Waals surface area (Å²) in [6.07, 6.45) is 4.71. The summed E-state index contributed by atoms with van der Waals surface area (Å²) in [5, 5.41) is 4.29. The van der Waals surface area contributed by atoms with E-state index >= 15 is 0 Å². The number of nitrogen functional groups attached to an aromatic ring is 1. The molecule has 3 rings (SSSR count). The Morgan fingerprint density at radius 3 is 2.88 bits per heavy atom. The monoisotopic (exact) mass is 373 g/mol. The molecule has 0 bridgehead atoms. The first-order valence-corrected chi connectivity index (χ1v) is 9.68. The zero-order valence-corrected chi connectivity index (χ0v) is 16.6. The summed E-state index contributed by atoms with van der Waals surface area (Å²) in [4.78, 5) is 4.07. The molecule has 1 fully saturated rings. The number of pyridine rings is 1. The lowest BCUT2D eigenvalue weighted by Crippen LogP contribution is -2.36. The summed E-state index contributed by atoms with van der Waals surface area (Å²) >= 11 is 6.39. The average molecular weight is 374 g/mol. The van der Waals surface area contributed by atoms with Crippen molar-refractivity contribution in [2.75, 3.05) is 24.2 Å². The molecule has 0 amide bonds. The van der Waals surface area contributed by atoms with Gasteiger partial charge < -0.3 is 15.8 Å². The molecule has 1 aliphatic rings. The van der Waals surface area contributed by atoms with E-state index in [1.165, 1.54) is 11.3 Å². The van der Waals surface area contributed by atoms with Gasteiger partial charge in [-0.05, 0) is 62.3 Å². The molecular formula is C21H28ClN3O. The number of anilines is 2. The number of rotatable bonds is 5. The molecule has 5 heteroatoms. The molecule has 3 N–H and O–H groups in total. The van der Waals surface area contributed by atoms with Gasteiger partial charge in [-0.1, -0.05) is 30.7 Å². The molecule has 140 valence electrons. The second-order valence-electron chi connectivity index (χ2n) is 7.62. The third kappa shape index (κ3) is 4.30. The van der Waals surface area contributed by atoms with Gasteiger partial charge >= 0.3 is 0 Å². The van der Waals surface area contributed by atoms with Crippen LogP contribution >= 0.6 is 11.6 Å². The smallest absolute Gasteiger partial charge is 0.124 e. The van der Waals surface area contributed by atoms with Gasteiger partial charge in [0, 0.05) is 30.6 Å². The minimum Gasteiger partial charge on any atom is -0.385 e. The predicted molar refractivity (Wildman–Crippen MR) is 110 cm³/mol. The van der Waals surface area contributed by atoms with Crippen molar-refractivity contribution >= 4 is 23.1 Å². The first kappa shape index (κ1) is 19.0. The second kappa shape index (κ2) is 7.85. The van der Waals surface area contributed by atoms with Crippen molar-refractivity contribution < 1.29 is 4.74 Å². The highest BCUT2D eigenvalue weighted by atomic mass is 35.5. The van der Waals surface area contributed by atoms with Gasteiger partial charge in [0.1, 0.15) is 5.82 Å². The molecular weight excluding hydrogens is 346 g/mol. The van der Waals surface area contributed by atoms with Gasteiger partial charge in [0.2, 0.25) is 0 Å². The van der Waals surface area contributed by atoms with Crippen LogP contribution < -0.4 is 11.1 Å². The van der Waals surface area contributed by atoms with Crippen molar-refractivity contribution in [3.05, 3.63) is 41.0 Å². The maximum Gasteiger partial charge on any atom is 0.124 e. The summed E-state index contributed by atoms with van der Waals surface area (Å²) in [6.45, 7) is 8.31. The standard InChI is InChI=1S/C21H28ClN3O/c1-4-15-16(17-10-20(23)25-13-18(17)22)6-5-7-19(15)24-12-14-8-9-26-21(2,3)11-14/h5-7,10,13-14,24H,4,8-9,11-12H2,1-3H3,(H2,23,25). The maximum atomic E-state index is 6.39. The topological polar surface area (TPSA) is 60.2 Å². The van der Waals surface area contributed by atoms with Crippen LogP contribution in [0.3, 0.4) is 0 Å². The van der Waals surface area contributed by atoms with E-state index in [1.54, 1.807) is 6.20 Å². The van der Waals surface area contributed by atoms with Crippen molar-refractivity contribution in [3.8, 4) is 11.1 Å². The number of benzene rings is 1. The van der Waals surface area contributed by atoms with Crippen molar-refractivity contribution in [2.24, 2.45) is 5.92 Å². The molecule has 0 saturated carbocycles. The van der Waals surface area contributed by atoms with Gasteiger partial charge in [0.05, 0.1) is 10.6 Å². The van der Waals surface area contributed by atoms with Gasteiger partial charge in [-0.2, -0.15) is 0 Å². The Balaban J connectivity index is 1.83. The van der Waals surface area contributed by atoms with Crippen molar-refractivity contribution in [3.63, 3.8) is 0 Å². The van der Waals surface area contributed by atoms with Crippen molar-refractivity contribution in [2.45, 2.75) is 45.6 Å². The number of hydrogen-bond acceptors (Lipinski definition) is 4. The van der Waals surface area contributed by atoms with E-state index in [9.17, 15) is 0 Å². The Labute approximate surface area is 161 Å². The zero-order chi connectivity index (χ0) is 18.7. The number of nitrogens with two attached hydrogens (primary N) is 1. The third-order valence-corrected chi connectivity index (χ3v) is 5.38. The van der Waals surface area contributed by atoms with Gasteiger partial charge in [0.25, 0.3) is 0 Å². The molecule has 1 saturated heterocycles. The van der Waals surface area contributed by atoms with E-state index in [-0.39, 0.29) is 5.60 Å². The number of hydrogen-bond donors (Lipinski definition) is 2. The molecule has 4 nitrogen and oxygen atoms in total. The highest BCUT2D eigenvalue weighted by Gasteiger charge is 2.28. The highest BCUT2D eigenvalue weighted by molar-refractivity contribution is 6.33. The first-order chi connectivity index (χ1) is 12.4. The summed E-state index contributed by atoms with van der Waals surface area (Å²) < 4.78 is 5.83. The molecule has 2 heterocycles. The predicted octanol–water partition coefficient (Wildman–Crippen LogP) is 5.16. The molecule has 0 spiro atoms. The molecule has 0 radical (unpaired) electrons. The van der Waals surface area contributed by atoms with Gasteiger partial charge in [-0.25, -0.2) is 4.98 Å². The van der Waals surface area contributed by atoms with Gasteiger partial charge in [-0.15, -0.1) is 0 Å². The summed E-state index contributed by atoms with van der Waals surface area (Å²) in [6, 6.07) is 8.16. The quantitative estimate of drug-likeness (QED) is 0.759. The van der Waals surface area contributed by atoms with Crippen LogP contribution in [0.4, 0.5) is 11.5 Å². The lowest BCUT2D eigenvalue weighted by molar-refractivity contribution is -0.0699. The number of ether oxygens (including phenoxy) is 1. The summed E-state index contributed by atoms with van der Waals surface area (Å²) in [5.41, 5.74) is 10.3. The molecule has 1 aromatic carbocycles. The van der Waals surface area contributed by atoms with E-state index in [0.29, 0.717) is 16.8 Å². The Kier molecular flexibility index (Phi) is 5.73. The molecule has 1 aromatic heterocycles. The fraction of sp³-hybridized carbons (Fsp3) is 0.476. The Bertz CT molecular complexity index is 776. The van der Waals surface area contributed by atoms with Crippen LogP contribution in [0.5, 0.6) is 0 Å². The molecule has 1 unspecified atom stereocenters. The fourth-order valence-electron chi connectivity index (χ4n) is 3.83. The van der Waals surface area contributed by atoms with Crippen LogP contribution in [-0.4, -0.2) is 23.7 Å². The average Bonchev–Trinajstić information content (AvgIpc) is 2.61. The minimum absolute atomic E-state index is 0.0257. The van der Waals surface area contributed by atoms with Crippen molar-refractivity contribution in [1.82, 2.24) is 4.98 Å². The van der Waals surface area contributed by atoms with Crippen LogP contribution in [0.2, 0.25) is 5.02 Å². The molecule has 1 aliphatic heterocycles. The maximum absolute atomic E-state index is 6.39. The first-order valence-electron chi connectivity index (χ1n) is 9.30. The number of nitrogens with zero attached hydrogens (tertiary/aromatic N) is 1. The Morgan fingerprint density at radius 2 is 2.15 bits per heavy atom. The number of halogens is 1. The summed E-state index contributed by atoms with van der Waals surface area (Å²) in [7, 11) is 0. The Morgan fingerprint density at radius 1 is 1.35 bits per heavy atom. The molecule has 1 atom stereocenters. The molecule has 2 aromatic rings. The van der Waals surface area contributed by atoms with E-state index in [1.807, 2.05) is 6.07 Å².